The van der Waals surface area contributed by atoms with E-state index in [4.69, 9.17) is 10.8 Å². The van der Waals surface area contributed by atoms with Crippen LogP contribution < -0.4 is 5.73 Å². The van der Waals surface area contributed by atoms with Crippen molar-refractivity contribution in [2.75, 3.05) is 19.7 Å². The van der Waals surface area contributed by atoms with Crippen LogP contribution in [0.25, 0.3) is 0 Å². The lowest BCUT2D eigenvalue weighted by atomic mass is 10.2. The minimum Gasteiger partial charge on any atom is -0.395 e. The molecule has 3 N–H and O–H groups in total. The molecule has 1 rings (SSSR count). The molecule has 0 radical (unpaired) electrons. The first-order chi connectivity index (χ1) is 6.27. The van der Waals surface area contributed by atoms with Gasteiger partial charge in [0.2, 0.25) is 0 Å². The van der Waals surface area contributed by atoms with Gasteiger partial charge in [-0.15, -0.1) is 0 Å². The SMILES string of the molecule is CCCN(CCO)C1CCC(N)C1. The Labute approximate surface area is 80.9 Å². The number of hydrogen-bond acceptors (Lipinski definition) is 3. The number of hydrogen-bond donors (Lipinski definition) is 2. The van der Waals surface area contributed by atoms with E-state index in [0.29, 0.717) is 12.1 Å². The molecule has 0 saturated heterocycles. The normalized spacial score (nSPS) is 28.6. The van der Waals surface area contributed by atoms with Crippen LogP contribution in [0.4, 0.5) is 0 Å². The van der Waals surface area contributed by atoms with Crippen molar-refractivity contribution in [3.8, 4) is 0 Å². The van der Waals surface area contributed by atoms with Gasteiger partial charge in [-0.25, -0.2) is 0 Å². The Kier molecular flexibility index (Phi) is 4.70. The number of aliphatic hydroxyl groups excluding tert-OH is 1. The summed E-state index contributed by atoms with van der Waals surface area (Å²) in [5, 5.41) is 8.92. The Morgan fingerprint density at radius 3 is 2.62 bits per heavy atom. The number of rotatable bonds is 5. The second-order valence-corrected chi connectivity index (χ2v) is 3.99. The van der Waals surface area contributed by atoms with E-state index < -0.39 is 0 Å². The lowest BCUT2D eigenvalue weighted by Crippen LogP contribution is -2.37. The first-order valence-electron chi connectivity index (χ1n) is 5.38. The van der Waals surface area contributed by atoms with Crippen LogP contribution in [0.15, 0.2) is 0 Å². The molecule has 2 unspecified atom stereocenters. The van der Waals surface area contributed by atoms with Gasteiger partial charge >= 0.3 is 0 Å². The van der Waals surface area contributed by atoms with Gasteiger partial charge in [0.05, 0.1) is 6.61 Å². The van der Waals surface area contributed by atoms with E-state index in [2.05, 4.69) is 11.8 Å². The van der Waals surface area contributed by atoms with E-state index in [-0.39, 0.29) is 6.61 Å². The van der Waals surface area contributed by atoms with Gasteiger partial charge in [-0.1, -0.05) is 6.92 Å². The molecular formula is C10H22N2O. The van der Waals surface area contributed by atoms with Crippen molar-refractivity contribution in [3.05, 3.63) is 0 Å². The highest BCUT2D eigenvalue weighted by atomic mass is 16.3. The Balaban J connectivity index is 2.35. The Morgan fingerprint density at radius 2 is 2.15 bits per heavy atom. The van der Waals surface area contributed by atoms with Crippen molar-refractivity contribution in [3.63, 3.8) is 0 Å². The summed E-state index contributed by atoms with van der Waals surface area (Å²) in [6, 6.07) is 1.02. The van der Waals surface area contributed by atoms with E-state index in [1.807, 2.05) is 0 Å². The van der Waals surface area contributed by atoms with Crippen molar-refractivity contribution in [2.24, 2.45) is 5.73 Å². The van der Waals surface area contributed by atoms with Gasteiger partial charge in [-0.2, -0.15) is 0 Å². The van der Waals surface area contributed by atoms with Crippen LogP contribution in [0.5, 0.6) is 0 Å². The number of nitrogens with two attached hydrogens (primary N) is 1. The third kappa shape index (κ3) is 3.25. The highest BCUT2D eigenvalue weighted by molar-refractivity contribution is 4.84. The van der Waals surface area contributed by atoms with Crippen LogP contribution >= 0.6 is 0 Å². The standard InChI is InChI=1S/C10H22N2O/c1-2-5-12(6-7-13)10-4-3-9(11)8-10/h9-10,13H,2-8,11H2,1H3. The third-order valence-corrected chi connectivity index (χ3v) is 2.86. The van der Waals surface area contributed by atoms with Gasteiger partial charge in [0, 0.05) is 18.6 Å². The van der Waals surface area contributed by atoms with Crippen molar-refractivity contribution in [1.29, 1.82) is 0 Å². The highest BCUT2D eigenvalue weighted by Crippen LogP contribution is 2.22. The molecule has 1 saturated carbocycles. The third-order valence-electron chi connectivity index (χ3n) is 2.86. The van der Waals surface area contributed by atoms with E-state index in [0.717, 1.165) is 32.4 Å². The zero-order chi connectivity index (χ0) is 9.68. The summed E-state index contributed by atoms with van der Waals surface area (Å²) in [7, 11) is 0. The average molecular weight is 186 g/mol. The lowest BCUT2D eigenvalue weighted by Gasteiger charge is -2.27. The summed E-state index contributed by atoms with van der Waals surface area (Å²) < 4.78 is 0. The fourth-order valence-electron chi connectivity index (χ4n) is 2.22. The largest absolute Gasteiger partial charge is 0.395 e. The minimum absolute atomic E-state index is 0.270. The maximum atomic E-state index is 8.92. The summed E-state index contributed by atoms with van der Waals surface area (Å²) in [5.74, 6) is 0. The smallest absolute Gasteiger partial charge is 0.0558 e. The van der Waals surface area contributed by atoms with Gasteiger partial charge in [0.25, 0.3) is 0 Å². The quantitative estimate of drug-likeness (QED) is 0.660. The molecule has 1 fully saturated rings. The minimum atomic E-state index is 0.270. The first-order valence-corrected chi connectivity index (χ1v) is 5.38. The second-order valence-electron chi connectivity index (χ2n) is 3.99. The van der Waals surface area contributed by atoms with Crippen LogP contribution in [0.1, 0.15) is 32.6 Å². The summed E-state index contributed by atoms with van der Waals surface area (Å²) in [4.78, 5) is 2.38. The number of aliphatic hydroxyl groups is 1. The van der Waals surface area contributed by atoms with Gasteiger partial charge in [0.15, 0.2) is 0 Å². The Bertz CT molecular complexity index is 135. The summed E-state index contributed by atoms with van der Waals surface area (Å²) in [6.07, 6.45) is 4.63. The molecule has 0 bridgehead atoms. The van der Waals surface area contributed by atoms with Crippen LogP contribution in [0.3, 0.4) is 0 Å². The predicted molar refractivity (Wildman–Crippen MR) is 54.6 cm³/mol. The van der Waals surface area contributed by atoms with Crippen molar-refractivity contribution in [2.45, 2.75) is 44.7 Å². The van der Waals surface area contributed by atoms with Crippen molar-refractivity contribution < 1.29 is 5.11 Å². The fourth-order valence-corrected chi connectivity index (χ4v) is 2.22. The Hall–Kier alpha value is -0.120. The van der Waals surface area contributed by atoms with E-state index in [1.54, 1.807) is 0 Å². The van der Waals surface area contributed by atoms with E-state index in [1.165, 1.54) is 6.42 Å². The molecule has 0 heterocycles. The summed E-state index contributed by atoms with van der Waals surface area (Å²) in [5.41, 5.74) is 5.87. The topological polar surface area (TPSA) is 49.5 Å². The zero-order valence-corrected chi connectivity index (χ0v) is 8.58. The van der Waals surface area contributed by atoms with Crippen molar-refractivity contribution in [1.82, 2.24) is 4.90 Å². The zero-order valence-electron chi connectivity index (χ0n) is 8.58. The van der Waals surface area contributed by atoms with Gasteiger partial charge in [-0.3, -0.25) is 4.90 Å². The van der Waals surface area contributed by atoms with Crippen LogP contribution in [0, 0.1) is 0 Å². The predicted octanol–water partition coefficient (Wildman–Crippen LogP) is 0.570. The van der Waals surface area contributed by atoms with E-state index in [9.17, 15) is 0 Å². The fraction of sp³-hybridized carbons (Fsp3) is 1.00. The van der Waals surface area contributed by atoms with Crippen LogP contribution in [0.2, 0.25) is 0 Å². The van der Waals surface area contributed by atoms with Crippen molar-refractivity contribution >= 4 is 0 Å². The first kappa shape index (κ1) is 11.0. The van der Waals surface area contributed by atoms with E-state index >= 15 is 0 Å². The summed E-state index contributed by atoms with van der Waals surface area (Å²) >= 11 is 0. The molecular weight excluding hydrogens is 164 g/mol. The molecule has 0 aromatic heterocycles. The maximum Gasteiger partial charge on any atom is 0.0558 e. The monoisotopic (exact) mass is 186 g/mol. The molecule has 0 amide bonds. The molecule has 0 aliphatic heterocycles. The molecule has 3 nitrogen and oxygen atoms in total. The van der Waals surface area contributed by atoms with Crippen LogP contribution in [-0.2, 0) is 0 Å². The molecule has 1 aliphatic carbocycles. The van der Waals surface area contributed by atoms with Gasteiger partial charge < -0.3 is 10.8 Å². The molecule has 0 spiro atoms. The maximum absolute atomic E-state index is 8.92. The van der Waals surface area contributed by atoms with Gasteiger partial charge in [0.1, 0.15) is 0 Å². The molecule has 78 valence electrons. The lowest BCUT2D eigenvalue weighted by molar-refractivity contribution is 0.151. The molecule has 1 aliphatic rings. The molecule has 13 heavy (non-hydrogen) atoms. The highest BCUT2D eigenvalue weighted by Gasteiger charge is 2.26. The second kappa shape index (κ2) is 5.58. The summed E-state index contributed by atoms with van der Waals surface area (Å²) in [6.45, 7) is 4.36. The molecule has 0 aromatic carbocycles. The number of nitrogens with zero attached hydrogens (tertiary/aromatic N) is 1. The van der Waals surface area contributed by atoms with Crippen LogP contribution in [-0.4, -0.2) is 41.8 Å². The average Bonchev–Trinajstić information content (AvgIpc) is 2.51. The molecule has 2 atom stereocenters. The Morgan fingerprint density at radius 1 is 1.38 bits per heavy atom. The van der Waals surface area contributed by atoms with Gasteiger partial charge in [-0.05, 0) is 32.2 Å². The molecule has 0 aromatic rings. The molecule has 3 heteroatoms.